The SMILES string of the molecule is CCCCOCCOCCC(CO)(NC)c1ccccc1. The molecule has 4 nitrogen and oxygen atoms in total. The van der Waals surface area contributed by atoms with Crippen LogP contribution in [0.5, 0.6) is 0 Å². The maximum absolute atomic E-state index is 9.79. The lowest BCUT2D eigenvalue weighted by atomic mass is 9.88. The molecule has 1 rings (SSSR count). The number of likely N-dealkylation sites (N-methyl/N-ethyl adjacent to an activating group) is 1. The lowest BCUT2D eigenvalue weighted by molar-refractivity contribution is 0.0317. The van der Waals surface area contributed by atoms with E-state index >= 15 is 0 Å². The maximum atomic E-state index is 9.79. The maximum Gasteiger partial charge on any atom is 0.0700 e. The van der Waals surface area contributed by atoms with Crippen LogP contribution in [0.3, 0.4) is 0 Å². The van der Waals surface area contributed by atoms with Crippen LogP contribution in [-0.2, 0) is 15.0 Å². The first-order valence-electron chi connectivity index (χ1n) is 7.80. The predicted molar refractivity (Wildman–Crippen MR) is 85.4 cm³/mol. The van der Waals surface area contributed by atoms with Crippen molar-refractivity contribution in [2.75, 3.05) is 40.1 Å². The Balaban J connectivity index is 2.32. The Bertz CT molecular complexity index is 352. The first kappa shape index (κ1) is 18.1. The Morgan fingerprint density at radius 1 is 1.05 bits per heavy atom. The summed E-state index contributed by atoms with van der Waals surface area (Å²) in [4.78, 5) is 0. The molecule has 1 aromatic rings. The van der Waals surface area contributed by atoms with Gasteiger partial charge in [-0.1, -0.05) is 43.7 Å². The molecule has 0 aliphatic carbocycles. The molecule has 1 aromatic carbocycles. The molecule has 4 heteroatoms. The Hall–Kier alpha value is -0.940. The second-order valence-electron chi connectivity index (χ2n) is 5.18. The monoisotopic (exact) mass is 295 g/mol. The van der Waals surface area contributed by atoms with Crippen LogP contribution in [0.4, 0.5) is 0 Å². The second-order valence-corrected chi connectivity index (χ2v) is 5.18. The lowest BCUT2D eigenvalue weighted by Crippen LogP contribution is -2.44. The van der Waals surface area contributed by atoms with Crippen LogP contribution in [-0.4, -0.2) is 45.2 Å². The van der Waals surface area contributed by atoms with Crippen molar-refractivity contribution in [3.8, 4) is 0 Å². The van der Waals surface area contributed by atoms with Gasteiger partial charge >= 0.3 is 0 Å². The number of aliphatic hydroxyl groups is 1. The molecule has 0 heterocycles. The molecule has 0 radical (unpaired) electrons. The average molecular weight is 295 g/mol. The summed E-state index contributed by atoms with van der Waals surface area (Å²) in [5.41, 5.74) is 0.641. The smallest absolute Gasteiger partial charge is 0.0700 e. The molecule has 1 atom stereocenters. The third kappa shape index (κ3) is 6.14. The van der Waals surface area contributed by atoms with E-state index < -0.39 is 5.54 Å². The molecule has 0 aliphatic heterocycles. The highest BCUT2D eigenvalue weighted by molar-refractivity contribution is 5.24. The van der Waals surface area contributed by atoms with Crippen molar-refractivity contribution < 1.29 is 14.6 Å². The summed E-state index contributed by atoms with van der Waals surface area (Å²) in [6.07, 6.45) is 2.97. The number of ether oxygens (including phenoxy) is 2. The van der Waals surface area contributed by atoms with Gasteiger partial charge in [0.05, 0.1) is 25.4 Å². The van der Waals surface area contributed by atoms with Crippen LogP contribution in [0.15, 0.2) is 30.3 Å². The first-order chi connectivity index (χ1) is 10.3. The Morgan fingerprint density at radius 2 is 1.71 bits per heavy atom. The molecule has 0 spiro atoms. The van der Waals surface area contributed by atoms with Gasteiger partial charge in [-0.2, -0.15) is 0 Å². The molecular formula is C17H29NO3. The molecule has 0 saturated heterocycles. The van der Waals surface area contributed by atoms with Crippen LogP contribution in [0.2, 0.25) is 0 Å². The summed E-state index contributed by atoms with van der Waals surface area (Å²) in [6, 6.07) is 10.0. The quantitative estimate of drug-likeness (QED) is 0.581. The molecule has 0 aliphatic rings. The first-order valence-corrected chi connectivity index (χ1v) is 7.80. The normalized spacial score (nSPS) is 14.0. The molecule has 0 aromatic heterocycles. The number of nitrogens with one attached hydrogen (secondary N) is 1. The number of aliphatic hydroxyl groups excluding tert-OH is 1. The van der Waals surface area contributed by atoms with E-state index in [0.29, 0.717) is 19.8 Å². The van der Waals surface area contributed by atoms with Gasteiger partial charge in [-0.15, -0.1) is 0 Å². The van der Waals surface area contributed by atoms with Crippen molar-refractivity contribution in [3.63, 3.8) is 0 Å². The topological polar surface area (TPSA) is 50.7 Å². The van der Waals surface area contributed by atoms with E-state index in [1.807, 2.05) is 37.4 Å². The van der Waals surface area contributed by atoms with Crippen LogP contribution in [0.1, 0.15) is 31.7 Å². The Kier molecular flexibility index (Phi) is 9.26. The van der Waals surface area contributed by atoms with Crippen molar-refractivity contribution in [2.24, 2.45) is 0 Å². The molecule has 0 bridgehead atoms. The molecule has 0 amide bonds. The van der Waals surface area contributed by atoms with E-state index in [9.17, 15) is 5.11 Å². The zero-order chi connectivity index (χ0) is 15.4. The molecule has 1 unspecified atom stereocenters. The zero-order valence-corrected chi connectivity index (χ0v) is 13.3. The largest absolute Gasteiger partial charge is 0.394 e. The molecule has 120 valence electrons. The van der Waals surface area contributed by atoms with E-state index in [0.717, 1.165) is 31.4 Å². The summed E-state index contributed by atoms with van der Waals surface area (Å²) in [7, 11) is 1.87. The number of hydrogen-bond acceptors (Lipinski definition) is 4. The van der Waals surface area contributed by atoms with Crippen molar-refractivity contribution in [1.29, 1.82) is 0 Å². The summed E-state index contributed by atoms with van der Waals surface area (Å²) in [5, 5.41) is 13.0. The molecule has 2 N–H and O–H groups in total. The van der Waals surface area contributed by atoms with Crippen molar-refractivity contribution >= 4 is 0 Å². The van der Waals surface area contributed by atoms with Gasteiger partial charge in [-0.3, -0.25) is 0 Å². The van der Waals surface area contributed by atoms with Crippen LogP contribution in [0, 0.1) is 0 Å². The Morgan fingerprint density at radius 3 is 2.29 bits per heavy atom. The van der Waals surface area contributed by atoms with Gasteiger partial charge in [0.15, 0.2) is 0 Å². The number of benzene rings is 1. The van der Waals surface area contributed by atoms with Gasteiger partial charge in [0.1, 0.15) is 0 Å². The summed E-state index contributed by atoms with van der Waals surface area (Å²) in [6.45, 7) is 4.83. The fourth-order valence-electron chi connectivity index (χ4n) is 2.24. The summed E-state index contributed by atoms with van der Waals surface area (Å²) < 4.78 is 11.1. The highest BCUT2D eigenvalue weighted by Gasteiger charge is 2.29. The van der Waals surface area contributed by atoms with E-state index in [4.69, 9.17) is 9.47 Å². The third-order valence-corrected chi connectivity index (χ3v) is 3.76. The minimum atomic E-state index is -0.440. The minimum absolute atomic E-state index is 0.0455. The van der Waals surface area contributed by atoms with Gasteiger partial charge in [-0.25, -0.2) is 0 Å². The Labute approximate surface area is 128 Å². The van der Waals surface area contributed by atoms with E-state index in [1.165, 1.54) is 0 Å². The highest BCUT2D eigenvalue weighted by Crippen LogP contribution is 2.24. The van der Waals surface area contributed by atoms with Gasteiger partial charge < -0.3 is 19.9 Å². The fraction of sp³-hybridized carbons (Fsp3) is 0.647. The highest BCUT2D eigenvalue weighted by atomic mass is 16.5. The van der Waals surface area contributed by atoms with E-state index in [1.54, 1.807) is 0 Å². The van der Waals surface area contributed by atoms with Crippen LogP contribution < -0.4 is 5.32 Å². The summed E-state index contributed by atoms with van der Waals surface area (Å²) >= 11 is 0. The van der Waals surface area contributed by atoms with Crippen molar-refractivity contribution in [3.05, 3.63) is 35.9 Å². The van der Waals surface area contributed by atoms with Gasteiger partial charge in [0.2, 0.25) is 0 Å². The van der Waals surface area contributed by atoms with Gasteiger partial charge in [0.25, 0.3) is 0 Å². The molecule has 21 heavy (non-hydrogen) atoms. The lowest BCUT2D eigenvalue weighted by Gasteiger charge is -2.32. The zero-order valence-electron chi connectivity index (χ0n) is 13.3. The summed E-state index contributed by atoms with van der Waals surface area (Å²) in [5.74, 6) is 0. The third-order valence-electron chi connectivity index (χ3n) is 3.76. The number of hydrogen-bond donors (Lipinski definition) is 2. The second kappa shape index (κ2) is 10.7. The standard InChI is InChI=1S/C17H29NO3/c1-3-4-11-20-13-14-21-12-10-17(15-19,18-2)16-8-6-5-7-9-16/h5-9,18-19H,3-4,10-15H2,1-2H3. The minimum Gasteiger partial charge on any atom is -0.394 e. The van der Waals surface area contributed by atoms with Crippen molar-refractivity contribution in [2.45, 2.75) is 31.7 Å². The number of rotatable bonds is 12. The van der Waals surface area contributed by atoms with Gasteiger partial charge in [-0.05, 0) is 25.5 Å². The fourth-order valence-corrected chi connectivity index (χ4v) is 2.24. The molecular weight excluding hydrogens is 266 g/mol. The molecule has 0 saturated carbocycles. The van der Waals surface area contributed by atoms with E-state index in [-0.39, 0.29) is 6.61 Å². The van der Waals surface area contributed by atoms with Crippen molar-refractivity contribution in [1.82, 2.24) is 5.32 Å². The predicted octanol–water partition coefficient (Wildman–Crippen LogP) is 2.32. The van der Waals surface area contributed by atoms with E-state index in [2.05, 4.69) is 12.2 Å². The number of unbranched alkanes of at least 4 members (excludes halogenated alkanes) is 1. The van der Waals surface area contributed by atoms with Crippen LogP contribution in [0.25, 0.3) is 0 Å². The van der Waals surface area contributed by atoms with Crippen LogP contribution >= 0.6 is 0 Å². The van der Waals surface area contributed by atoms with Gasteiger partial charge in [0, 0.05) is 13.2 Å². The average Bonchev–Trinajstić information content (AvgIpc) is 2.55. The molecule has 0 fully saturated rings.